The van der Waals surface area contributed by atoms with E-state index >= 15 is 0 Å². The van der Waals surface area contributed by atoms with Gasteiger partial charge in [0.1, 0.15) is 5.82 Å². The molecule has 0 aromatic heterocycles. The Morgan fingerprint density at radius 3 is 2.87 bits per heavy atom. The van der Waals surface area contributed by atoms with Crippen molar-refractivity contribution in [3.05, 3.63) is 35.6 Å². The number of carbonyl (C=O) groups excluding carboxylic acids is 2. The lowest BCUT2D eigenvalue weighted by Crippen LogP contribution is -2.34. The topological polar surface area (TPSA) is 53.0 Å². The highest BCUT2D eigenvalue weighted by Gasteiger charge is 2.36. The number of carbonyl (C=O) groups is 2. The quantitative estimate of drug-likeness (QED) is 0.856. The van der Waals surface area contributed by atoms with Gasteiger partial charge in [-0.05, 0) is 31.0 Å². The van der Waals surface area contributed by atoms with Crippen LogP contribution in [0, 0.1) is 11.7 Å². The molecule has 2 atom stereocenters. The lowest BCUT2D eigenvalue weighted by molar-refractivity contribution is -0.136. The number of benzene rings is 1. The van der Waals surface area contributed by atoms with Gasteiger partial charge in [-0.1, -0.05) is 12.1 Å². The fourth-order valence-corrected chi connectivity index (χ4v) is 3.32. The summed E-state index contributed by atoms with van der Waals surface area (Å²) >= 11 is 0. The molecule has 2 amide bonds. The molecule has 1 aromatic rings. The number of hydrogen-bond donors (Lipinski definition) is 0. The van der Waals surface area contributed by atoms with E-state index in [4.69, 9.17) is 0 Å². The number of hydrazone groups is 1. The van der Waals surface area contributed by atoms with Crippen molar-refractivity contribution in [2.45, 2.75) is 25.7 Å². The summed E-state index contributed by atoms with van der Waals surface area (Å²) in [5, 5.41) is 5.39. The largest absolute Gasteiger partial charge is 0.342 e. The zero-order valence-corrected chi connectivity index (χ0v) is 13.3. The highest BCUT2D eigenvalue weighted by Crippen LogP contribution is 2.29. The standard InChI is InChI=1S/C17H20FN3O2/c1-11-15(17(23)20(2)19-11)9-16(22)21-7-6-13(10-21)12-4-3-5-14(18)8-12/h3-5,8,13,15H,6-7,9-10H2,1-2H3/t13-,15+/m1/s1. The summed E-state index contributed by atoms with van der Waals surface area (Å²) in [5.74, 6) is -0.699. The summed E-state index contributed by atoms with van der Waals surface area (Å²) in [6, 6.07) is 6.55. The summed E-state index contributed by atoms with van der Waals surface area (Å²) < 4.78 is 13.3. The maximum Gasteiger partial charge on any atom is 0.251 e. The van der Waals surface area contributed by atoms with Crippen LogP contribution in [0.3, 0.4) is 0 Å². The molecule has 2 aliphatic rings. The number of rotatable bonds is 3. The maximum absolute atomic E-state index is 13.3. The summed E-state index contributed by atoms with van der Waals surface area (Å²) in [5.41, 5.74) is 1.61. The number of likely N-dealkylation sites (tertiary alicyclic amines) is 1. The minimum atomic E-state index is -0.444. The fraction of sp³-hybridized carbons (Fsp3) is 0.471. The number of halogens is 1. The van der Waals surface area contributed by atoms with Gasteiger partial charge in [0.2, 0.25) is 5.91 Å². The average Bonchev–Trinajstić information content (AvgIpc) is 3.09. The molecule has 5 nitrogen and oxygen atoms in total. The number of amides is 2. The maximum atomic E-state index is 13.3. The predicted molar refractivity (Wildman–Crippen MR) is 84.3 cm³/mol. The number of hydrogen-bond acceptors (Lipinski definition) is 3. The summed E-state index contributed by atoms with van der Waals surface area (Å²) in [6.45, 7) is 3.00. The van der Waals surface area contributed by atoms with Gasteiger partial charge < -0.3 is 4.90 Å². The third kappa shape index (κ3) is 3.11. The minimum Gasteiger partial charge on any atom is -0.342 e. The van der Waals surface area contributed by atoms with Crippen LogP contribution < -0.4 is 0 Å². The molecule has 0 unspecified atom stereocenters. The van der Waals surface area contributed by atoms with Gasteiger partial charge in [0.05, 0.1) is 5.92 Å². The molecule has 1 fully saturated rings. The van der Waals surface area contributed by atoms with Crippen LogP contribution in [0.2, 0.25) is 0 Å². The zero-order chi connectivity index (χ0) is 16.6. The second-order valence-corrected chi connectivity index (χ2v) is 6.24. The van der Waals surface area contributed by atoms with Gasteiger partial charge in [-0.3, -0.25) is 9.59 Å². The minimum absolute atomic E-state index is 0.0351. The zero-order valence-electron chi connectivity index (χ0n) is 13.3. The van der Waals surface area contributed by atoms with E-state index in [0.717, 1.165) is 12.0 Å². The van der Waals surface area contributed by atoms with Crippen molar-refractivity contribution in [1.82, 2.24) is 9.91 Å². The third-order valence-corrected chi connectivity index (χ3v) is 4.67. The molecule has 3 rings (SSSR count). The third-order valence-electron chi connectivity index (χ3n) is 4.67. The molecule has 2 heterocycles. The van der Waals surface area contributed by atoms with Crippen LogP contribution >= 0.6 is 0 Å². The Morgan fingerprint density at radius 1 is 1.43 bits per heavy atom. The SMILES string of the molecule is CC1=NN(C)C(=O)[C@H]1CC(=O)N1CC[C@@H](c2cccc(F)c2)C1. The first kappa shape index (κ1) is 15.6. The van der Waals surface area contributed by atoms with Crippen LogP contribution in [0.25, 0.3) is 0 Å². The normalized spacial score (nSPS) is 24.3. The summed E-state index contributed by atoms with van der Waals surface area (Å²) in [6.07, 6.45) is 0.981. The summed E-state index contributed by atoms with van der Waals surface area (Å²) in [7, 11) is 1.60. The van der Waals surface area contributed by atoms with E-state index in [2.05, 4.69) is 5.10 Å². The van der Waals surface area contributed by atoms with Gasteiger partial charge in [0.15, 0.2) is 0 Å². The molecule has 6 heteroatoms. The van der Waals surface area contributed by atoms with Gasteiger partial charge in [0.25, 0.3) is 5.91 Å². The Morgan fingerprint density at radius 2 is 2.22 bits per heavy atom. The van der Waals surface area contributed by atoms with Crippen molar-refractivity contribution < 1.29 is 14.0 Å². The second kappa shape index (κ2) is 6.10. The van der Waals surface area contributed by atoms with E-state index in [0.29, 0.717) is 18.8 Å². The van der Waals surface area contributed by atoms with Gasteiger partial charge in [-0.25, -0.2) is 9.40 Å². The molecule has 0 aliphatic carbocycles. The van der Waals surface area contributed by atoms with Gasteiger partial charge in [-0.2, -0.15) is 5.10 Å². The average molecular weight is 317 g/mol. The molecule has 1 aromatic carbocycles. The van der Waals surface area contributed by atoms with Gasteiger partial charge in [-0.15, -0.1) is 0 Å². The molecule has 0 spiro atoms. The first-order valence-corrected chi connectivity index (χ1v) is 7.81. The van der Waals surface area contributed by atoms with Crippen LogP contribution in [-0.4, -0.2) is 47.6 Å². The second-order valence-electron chi connectivity index (χ2n) is 6.24. The van der Waals surface area contributed by atoms with E-state index in [-0.39, 0.29) is 30.0 Å². The molecule has 2 aliphatic heterocycles. The Labute approximate surface area is 134 Å². The molecule has 122 valence electrons. The van der Waals surface area contributed by atoms with Crippen LogP contribution in [0.1, 0.15) is 31.2 Å². The molecule has 0 saturated carbocycles. The molecule has 0 radical (unpaired) electrons. The van der Waals surface area contributed by atoms with E-state index in [1.54, 1.807) is 24.9 Å². The monoisotopic (exact) mass is 317 g/mol. The number of nitrogens with zero attached hydrogens (tertiary/aromatic N) is 3. The van der Waals surface area contributed by atoms with E-state index < -0.39 is 5.92 Å². The van der Waals surface area contributed by atoms with Crippen molar-refractivity contribution in [2.24, 2.45) is 11.0 Å². The Kier molecular flexibility index (Phi) is 4.15. The van der Waals surface area contributed by atoms with Crippen LogP contribution in [0.15, 0.2) is 29.4 Å². The molecular formula is C17H20FN3O2. The van der Waals surface area contributed by atoms with Crippen molar-refractivity contribution >= 4 is 17.5 Å². The van der Waals surface area contributed by atoms with Gasteiger partial charge >= 0.3 is 0 Å². The highest BCUT2D eigenvalue weighted by molar-refractivity contribution is 6.08. The highest BCUT2D eigenvalue weighted by atomic mass is 19.1. The van der Waals surface area contributed by atoms with Crippen molar-refractivity contribution in [3.8, 4) is 0 Å². The Hall–Kier alpha value is -2.24. The molecular weight excluding hydrogens is 297 g/mol. The lowest BCUT2D eigenvalue weighted by Gasteiger charge is -2.19. The van der Waals surface area contributed by atoms with Crippen LogP contribution in [0.5, 0.6) is 0 Å². The molecule has 0 bridgehead atoms. The summed E-state index contributed by atoms with van der Waals surface area (Å²) in [4.78, 5) is 26.2. The van der Waals surface area contributed by atoms with E-state index in [1.165, 1.54) is 17.1 Å². The van der Waals surface area contributed by atoms with Crippen LogP contribution in [0.4, 0.5) is 4.39 Å². The van der Waals surface area contributed by atoms with Crippen molar-refractivity contribution in [3.63, 3.8) is 0 Å². The Bertz CT molecular complexity index is 674. The van der Waals surface area contributed by atoms with Gasteiger partial charge in [0, 0.05) is 38.2 Å². The van der Waals surface area contributed by atoms with Crippen molar-refractivity contribution in [2.75, 3.05) is 20.1 Å². The molecule has 1 saturated heterocycles. The molecule has 0 N–H and O–H groups in total. The first-order chi connectivity index (χ1) is 11.0. The predicted octanol–water partition coefficient (Wildman–Crippen LogP) is 2.00. The molecule has 23 heavy (non-hydrogen) atoms. The Balaban J connectivity index is 1.62. The van der Waals surface area contributed by atoms with Crippen molar-refractivity contribution in [1.29, 1.82) is 0 Å². The van der Waals surface area contributed by atoms with E-state index in [9.17, 15) is 14.0 Å². The van der Waals surface area contributed by atoms with Crippen LogP contribution in [-0.2, 0) is 9.59 Å². The first-order valence-electron chi connectivity index (χ1n) is 7.81. The smallest absolute Gasteiger partial charge is 0.251 e. The lowest BCUT2D eigenvalue weighted by atomic mass is 9.98. The fourth-order valence-electron chi connectivity index (χ4n) is 3.32. The van der Waals surface area contributed by atoms with E-state index in [1.807, 2.05) is 6.07 Å².